The van der Waals surface area contributed by atoms with Crippen LogP contribution >= 0.6 is 11.6 Å². The normalized spacial score (nSPS) is 13.5. The van der Waals surface area contributed by atoms with Gasteiger partial charge in [0, 0.05) is 5.69 Å². The van der Waals surface area contributed by atoms with E-state index in [2.05, 4.69) is 4.72 Å². The first-order valence-electron chi connectivity index (χ1n) is 7.54. The van der Waals surface area contributed by atoms with Gasteiger partial charge in [0.2, 0.25) is 0 Å². The molecule has 0 amide bonds. The fourth-order valence-electron chi connectivity index (χ4n) is 2.23. The van der Waals surface area contributed by atoms with Crippen molar-refractivity contribution >= 4 is 27.3 Å². The fourth-order valence-corrected chi connectivity index (χ4v) is 3.51. The average molecular weight is 392 g/mol. The molecule has 0 aliphatic rings. The molecule has 1 unspecified atom stereocenters. The molecule has 1 N–H and O–H groups in total. The molecule has 25 heavy (non-hydrogen) atoms. The standard InChI is InChI=1S/C17H17ClF3NO2S/c1-3-11(2)12-4-7-14(8-5-12)25(23,24)22-13-6-9-16(18)15(10-13)17(19,20)21/h4-11,22H,3H2,1-2H3. The van der Waals surface area contributed by atoms with Gasteiger partial charge < -0.3 is 0 Å². The van der Waals surface area contributed by atoms with Crippen LogP contribution in [0.2, 0.25) is 5.02 Å². The summed E-state index contributed by atoms with van der Waals surface area (Å²) in [6, 6.07) is 9.14. The predicted octanol–water partition coefficient (Wildman–Crippen LogP) is 5.67. The molecular formula is C17H17ClF3NO2S. The van der Waals surface area contributed by atoms with Gasteiger partial charge in [-0.3, -0.25) is 4.72 Å². The van der Waals surface area contributed by atoms with Crippen LogP contribution < -0.4 is 4.72 Å². The fraction of sp³-hybridized carbons (Fsp3) is 0.294. The number of anilines is 1. The van der Waals surface area contributed by atoms with E-state index in [1.807, 2.05) is 13.8 Å². The number of hydrogen-bond acceptors (Lipinski definition) is 2. The quantitative estimate of drug-likeness (QED) is 0.713. The van der Waals surface area contributed by atoms with Gasteiger partial charge in [0.05, 0.1) is 15.5 Å². The lowest BCUT2D eigenvalue weighted by atomic mass is 9.99. The van der Waals surface area contributed by atoms with Crippen molar-refractivity contribution in [1.82, 2.24) is 0 Å². The zero-order chi connectivity index (χ0) is 18.8. The Balaban J connectivity index is 2.30. The van der Waals surface area contributed by atoms with Crippen molar-refractivity contribution in [3.63, 3.8) is 0 Å². The topological polar surface area (TPSA) is 46.2 Å². The lowest BCUT2D eigenvalue weighted by Crippen LogP contribution is -2.14. The van der Waals surface area contributed by atoms with Crippen LogP contribution in [0.4, 0.5) is 18.9 Å². The van der Waals surface area contributed by atoms with Gasteiger partial charge in [-0.15, -0.1) is 0 Å². The maximum Gasteiger partial charge on any atom is 0.417 e. The molecule has 136 valence electrons. The van der Waals surface area contributed by atoms with Crippen LogP contribution in [0.1, 0.15) is 37.3 Å². The van der Waals surface area contributed by atoms with Gasteiger partial charge in [0.15, 0.2) is 0 Å². The molecule has 1 atom stereocenters. The number of benzene rings is 2. The Hall–Kier alpha value is -1.73. The third-order valence-electron chi connectivity index (χ3n) is 3.90. The van der Waals surface area contributed by atoms with Crippen molar-refractivity contribution in [2.45, 2.75) is 37.3 Å². The Morgan fingerprint density at radius 1 is 1.12 bits per heavy atom. The first kappa shape index (κ1) is 19.6. The van der Waals surface area contributed by atoms with E-state index in [1.165, 1.54) is 18.2 Å². The molecule has 2 aromatic carbocycles. The lowest BCUT2D eigenvalue weighted by molar-refractivity contribution is -0.137. The zero-order valence-electron chi connectivity index (χ0n) is 13.6. The monoisotopic (exact) mass is 391 g/mol. The highest BCUT2D eigenvalue weighted by Crippen LogP contribution is 2.36. The molecule has 2 rings (SSSR count). The van der Waals surface area contributed by atoms with Crippen LogP contribution in [0.3, 0.4) is 0 Å². The minimum absolute atomic E-state index is 0.0249. The highest BCUT2D eigenvalue weighted by molar-refractivity contribution is 7.92. The maximum atomic E-state index is 12.9. The van der Waals surface area contributed by atoms with Gasteiger partial charge in [-0.05, 0) is 48.2 Å². The average Bonchev–Trinajstić information content (AvgIpc) is 2.54. The first-order chi connectivity index (χ1) is 11.5. The molecule has 0 aliphatic heterocycles. The molecule has 8 heteroatoms. The van der Waals surface area contributed by atoms with Crippen LogP contribution in [-0.2, 0) is 16.2 Å². The molecule has 0 heterocycles. The largest absolute Gasteiger partial charge is 0.417 e. The summed E-state index contributed by atoms with van der Waals surface area (Å²) in [5.41, 5.74) is -0.309. The van der Waals surface area contributed by atoms with Gasteiger partial charge in [0.25, 0.3) is 10.0 Å². The van der Waals surface area contributed by atoms with Gasteiger partial charge >= 0.3 is 6.18 Å². The van der Waals surface area contributed by atoms with Gasteiger partial charge in [-0.1, -0.05) is 37.6 Å². The van der Waals surface area contributed by atoms with E-state index in [1.54, 1.807) is 12.1 Å². The molecule has 0 aliphatic carbocycles. The van der Waals surface area contributed by atoms with Crippen molar-refractivity contribution in [2.75, 3.05) is 4.72 Å². The summed E-state index contributed by atoms with van der Waals surface area (Å²) in [4.78, 5) is -0.0249. The third-order valence-corrected chi connectivity index (χ3v) is 5.62. The van der Waals surface area contributed by atoms with Crippen molar-refractivity contribution in [2.24, 2.45) is 0 Å². The molecule has 0 spiro atoms. The second-order valence-corrected chi connectivity index (χ2v) is 7.77. The van der Waals surface area contributed by atoms with Crippen LogP contribution in [0, 0.1) is 0 Å². The maximum absolute atomic E-state index is 12.9. The van der Waals surface area contributed by atoms with E-state index in [0.717, 1.165) is 18.1 Å². The van der Waals surface area contributed by atoms with E-state index in [0.29, 0.717) is 6.07 Å². The van der Waals surface area contributed by atoms with Crippen molar-refractivity contribution in [3.8, 4) is 0 Å². The molecule has 0 radical (unpaired) electrons. The van der Waals surface area contributed by atoms with E-state index >= 15 is 0 Å². The summed E-state index contributed by atoms with van der Waals surface area (Å²) in [5, 5.41) is -0.492. The highest BCUT2D eigenvalue weighted by Gasteiger charge is 2.33. The molecule has 0 bridgehead atoms. The second kappa shape index (κ2) is 7.25. The van der Waals surface area contributed by atoms with E-state index in [4.69, 9.17) is 11.6 Å². The summed E-state index contributed by atoms with van der Waals surface area (Å²) in [7, 11) is -4.00. The predicted molar refractivity (Wildman–Crippen MR) is 92.4 cm³/mol. The van der Waals surface area contributed by atoms with E-state index in [-0.39, 0.29) is 16.5 Å². The van der Waals surface area contributed by atoms with Crippen molar-refractivity contribution < 1.29 is 21.6 Å². The summed E-state index contributed by atoms with van der Waals surface area (Å²) >= 11 is 5.53. The SMILES string of the molecule is CCC(C)c1ccc(S(=O)(=O)Nc2ccc(Cl)c(C(F)(F)F)c2)cc1. The van der Waals surface area contributed by atoms with Gasteiger partial charge in [0.1, 0.15) is 0 Å². The highest BCUT2D eigenvalue weighted by atomic mass is 35.5. The summed E-state index contributed by atoms with van der Waals surface area (Å²) in [5.74, 6) is 0.287. The molecule has 0 aromatic heterocycles. The van der Waals surface area contributed by atoms with Gasteiger partial charge in [-0.25, -0.2) is 8.42 Å². The summed E-state index contributed by atoms with van der Waals surface area (Å²) in [6.07, 6.45) is -3.76. The van der Waals surface area contributed by atoms with Crippen LogP contribution in [0.15, 0.2) is 47.4 Å². The summed E-state index contributed by atoms with van der Waals surface area (Å²) in [6.45, 7) is 4.05. The number of sulfonamides is 1. The second-order valence-electron chi connectivity index (χ2n) is 5.68. The number of halogens is 4. The number of nitrogens with one attached hydrogen (secondary N) is 1. The lowest BCUT2D eigenvalue weighted by Gasteiger charge is -2.13. The van der Waals surface area contributed by atoms with Gasteiger partial charge in [-0.2, -0.15) is 13.2 Å². The number of hydrogen-bond donors (Lipinski definition) is 1. The van der Waals surface area contributed by atoms with E-state index < -0.39 is 26.8 Å². The van der Waals surface area contributed by atoms with Crippen molar-refractivity contribution in [3.05, 3.63) is 58.6 Å². The van der Waals surface area contributed by atoms with E-state index in [9.17, 15) is 21.6 Å². The molecule has 0 saturated carbocycles. The van der Waals surface area contributed by atoms with Crippen molar-refractivity contribution in [1.29, 1.82) is 0 Å². The Labute approximate surface area is 149 Å². The van der Waals surface area contributed by atoms with Crippen LogP contribution in [0.25, 0.3) is 0 Å². The Kier molecular flexibility index (Phi) is 5.68. The zero-order valence-corrected chi connectivity index (χ0v) is 15.1. The Morgan fingerprint density at radius 3 is 2.24 bits per heavy atom. The minimum Gasteiger partial charge on any atom is -0.280 e. The summed E-state index contributed by atoms with van der Waals surface area (Å²) < 4.78 is 65.5. The molecule has 3 nitrogen and oxygen atoms in total. The van der Waals surface area contributed by atoms with Crippen LogP contribution in [0.5, 0.6) is 0 Å². The number of alkyl halides is 3. The molecule has 0 saturated heterocycles. The molecule has 2 aromatic rings. The third kappa shape index (κ3) is 4.67. The molecule has 0 fully saturated rings. The Bertz CT molecular complexity index is 849. The Morgan fingerprint density at radius 2 is 1.72 bits per heavy atom. The molecular weight excluding hydrogens is 375 g/mol. The minimum atomic E-state index is -4.67. The first-order valence-corrected chi connectivity index (χ1v) is 9.40. The number of rotatable bonds is 5. The smallest absolute Gasteiger partial charge is 0.280 e. The van der Waals surface area contributed by atoms with Crippen LogP contribution in [-0.4, -0.2) is 8.42 Å².